The summed E-state index contributed by atoms with van der Waals surface area (Å²) in [6.07, 6.45) is 2.92. The standard InChI is InChI=1S/C25H30N4O3/c1-4-19-24(17(3)30)16(2)27-25(19)22(31)15-28-9-11-29(12-10-28)23(32)13-18-14-26-21-8-6-5-7-20(18)21/h5-8,14,26-27H,4,9-13,15H2,1-3H3. The molecule has 0 saturated carbocycles. The van der Waals surface area contributed by atoms with Gasteiger partial charge >= 0.3 is 0 Å². The molecule has 1 fully saturated rings. The van der Waals surface area contributed by atoms with Gasteiger partial charge in [0.15, 0.2) is 11.6 Å². The van der Waals surface area contributed by atoms with Gasteiger partial charge in [-0.3, -0.25) is 19.3 Å². The number of nitrogens with one attached hydrogen (secondary N) is 2. The lowest BCUT2D eigenvalue weighted by Gasteiger charge is -2.34. The summed E-state index contributed by atoms with van der Waals surface area (Å²) in [5, 5.41) is 1.09. The first-order valence-corrected chi connectivity index (χ1v) is 11.2. The summed E-state index contributed by atoms with van der Waals surface area (Å²) in [7, 11) is 0. The molecule has 4 rings (SSSR count). The highest BCUT2D eigenvalue weighted by Gasteiger charge is 2.26. The highest BCUT2D eigenvalue weighted by Crippen LogP contribution is 2.22. The molecule has 1 amide bonds. The molecule has 0 bridgehead atoms. The van der Waals surface area contributed by atoms with Gasteiger partial charge in [-0.15, -0.1) is 0 Å². The molecule has 3 aromatic rings. The van der Waals surface area contributed by atoms with Crippen molar-refractivity contribution in [3.63, 3.8) is 0 Å². The molecule has 32 heavy (non-hydrogen) atoms. The zero-order chi connectivity index (χ0) is 22.8. The monoisotopic (exact) mass is 434 g/mol. The van der Waals surface area contributed by atoms with Crippen molar-refractivity contribution in [1.29, 1.82) is 0 Å². The van der Waals surface area contributed by atoms with E-state index in [2.05, 4.69) is 14.9 Å². The van der Waals surface area contributed by atoms with Gasteiger partial charge in [0.1, 0.15) is 0 Å². The number of nitrogens with zero attached hydrogens (tertiary/aromatic N) is 2. The van der Waals surface area contributed by atoms with Crippen LogP contribution in [0.2, 0.25) is 0 Å². The van der Waals surface area contributed by atoms with Crippen LogP contribution in [0, 0.1) is 6.92 Å². The van der Waals surface area contributed by atoms with Gasteiger partial charge in [0.25, 0.3) is 0 Å². The molecule has 2 aromatic heterocycles. The lowest BCUT2D eigenvalue weighted by molar-refractivity contribution is -0.132. The number of piperazine rings is 1. The number of aryl methyl sites for hydroxylation is 1. The van der Waals surface area contributed by atoms with Crippen LogP contribution in [-0.4, -0.2) is 70.0 Å². The van der Waals surface area contributed by atoms with Crippen LogP contribution < -0.4 is 0 Å². The molecule has 0 aliphatic carbocycles. The molecule has 0 atom stereocenters. The normalized spacial score (nSPS) is 14.8. The molecular weight excluding hydrogens is 404 g/mol. The van der Waals surface area contributed by atoms with Crippen molar-refractivity contribution in [2.45, 2.75) is 33.6 Å². The topological polar surface area (TPSA) is 89.3 Å². The van der Waals surface area contributed by atoms with Gasteiger partial charge < -0.3 is 14.9 Å². The predicted octanol–water partition coefficient (Wildman–Crippen LogP) is 3.14. The maximum atomic E-state index is 13.0. The van der Waals surface area contributed by atoms with Gasteiger partial charge in [-0.1, -0.05) is 25.1 Å². The highest BCUT2D eigenvalue weighted by molar-refractivity contribution is 6.04. The Balaban J connectivity index is 1.35. The Morgan fingerprint density at radius 2 is 1.78 bits per heavy atom. The van der Waals surface area contributed by atoms with Crippen LogP contribution in [0.25, 0.3) is 10.9 Å². The minimum absolute atomic E-state index is 0.00369. The summed E-state index contributed by atoms with van der Waals surface area (Å²) in [6, 6.07) is 8.00. The Bertz CT molecular complexity index is 1170. The molecule has 168 valence electrons. The average Bonchev–Trinajstić information content (AvgIpc) is 3.34. The Labute approximate surface area is 187 Å². The van der Waals surface area contributed by atoms with E-state index in [1.807, 2.05) is 49.2 Å². The van der Waals surface area contributed by atoms with Gasteiger partial charge in [-0.2, -0.15) is 0 Å². The molecule has 7 nitrogen and oxygen atoms in total. The molecular formula is C25H30N4O3. The summed E-state index contributed by atoms with van der Waals surface area (Å²) in [6.45, 7) is 8.16. The molecule has 3 heterocycles. The molecule has 7 heteroatoms. The van der Waals surface area contributed by atoms with E-state index in [0.29, 0.717) is 50.3 Å². The lowest BCUT2D eigenvalue weighted by atomic mass is 10.0. The third kappa shape index (κ3) is 4.25. The van der Waals surface area contributed by atoms with E-state index in [1.165, 1.54) is 6.92 Å². The van der Waals surface area contributed by atoms with E-state index in [0.717, 1.165) is 27.7 Å². The molecule has 0 unspecified atom stereocenters. The predicted molar refractivity (Wildman–Crippen MR) is 124 cm³/mol. The number of Topliss-reactive ketones (excluding diaryl/α,β-unsaturated/α-hetero) is 2. The second-order valence-electron chi connectivity index (χ2n) is 8.50. The van der Waals surface area contributed by atoms with Gasteiger partial charge in [-0.05, 0) is 37.5 Å². The number of rotatable bonds is 7. The van der Waals surface area contributed by atoms with Crippen molar-refractivity contribution in [2.75, 3.05) is 32.7 Å². The maximum absolute atomic E-state index is 13.0. The Kier molecular flexibility index (Phi) is 6.28. The molecule has 1 aliphatic rings. The van der Waals surface area contributed by atoms with Crippen LogP contribution in [0.3, 0.4) is 0 Å². The maximum Gasteiger partial charge on any atom is 0.227 e. The second-order valence-corrected chi connectivity index (χ2v) is 8.50. The molecule has 1 aromatic carbocycles. The number of fused-ring (bicyclic) bond motifs is 1. The van der Waals surface area contributed by atoms with Crippen LogP contribution in [0.15, 0.2) is 30.5 Å². The first-order chi connectivity index (χ1) is 15.4. The molecule has 0 spiro atoms. The van der Waals surface area contributed by atoms with Crippen LogP contribution in [0.1, 0.15) is 51.5 Å². The quantitative estimate of drug-likeness (QED) is 0.559. The minimum atomic E-state index is -0.0167. The van der Waals surface area contributed by atoms with Crippen molar-refractivity contribution < 1.29 is 14.4 Å². The van der Waals surface area contributed by atoms with E-state index in [4.69, 9.17) is 0 Å². The number of hydrogen-bond donors (Lipinski definition) is 2. The van der Waals surface area contributed by atoms with Crippen molar-refractivity contribution >= 4 is 28.4 Å². The highest BCUT2D eigenvalue weighted by atomic mass is 16.2. The van der Waals surface area contributed by atoms with Crippen molar-refractivity contribution in [3.8, 4) is 0 Å². The number of carbonyl (C=O) groups is 3. The first kappa shape index (κ1) is 22.0. The fourth-order valence-electron chi connectivity index (χ4n) is 4.73. The number of benzene rings is 1. The van der Waals surface area contributed by atoms with Crippen LogP contribution in [0.5, 0.6) is 0 Å². The largest absolute Gasteiger partial charge is 0.361 e. The number of aromatic amines is 2. The summed E-state index contributed by atoms with van der Waals surface area (Å²) < 4.78 is 0. The zero-order valence-electron chi connectivity index (χ0n) is 19.0. The van der Waals surface area contributed by atoms with Crippen LogP contribution in [-0.2, 0) is 17.6 Å². The van der Waals surface area contributed by atoms with E-state index in [-0.39, 0.29) is 24.0 Å². The Morgan fingerprint density at radius 3 is 2.47 bits per heavy atom. The van der Waals surface area contributed by atoms with Crippen molar-refractivity contribution in [2.24, 2.45) is 0 Å². The SMILES string of the molecule is CCc1c(C(=O)CN2CCN(C(=O)Cc3c[nH]c4ccccc34)CC2)[nH]c(C)c1C(C)=O. The zero-order valence-corrected chi connectivity index (χ0v) is 19.0. The number of amides is 1. The van der Waals surface area contributed by atoms with Crippen molar-refractivity contribution in [3.05, 3.63) is 58.5 Å². The second kappa shape index (κ2) is 9.12. The number of hydrogen-bond acceptors (Lipinski definition) is 4. The fourth-order valence-corrected chi connectivity index (χ4v) is 4.73. The first-order valence-electron chi connectivity index (χ1n) is 11.2. The Hall–Kier alpha value is -3.19. The molecule has 1 aliphatic heterocycles. The third-order valence-electron chi connectivity index (χ3n) is 6.38. The van der Waals surface area contributed by atoms with E-state index in [1.54, 1.807) is 0 Å². The lowest BCUT2D eigenvalue weighted by Crippen LogP contribution is -2.50. The van der Waals surface area contributed by atoms with Crippen LogP contribution in [0.4, 0.5) is 0 Å². The summed E-state index contributed by atoms with van der Waals surface area (Å²) in [5.74, 6) is 0.0908. The number of para-hydroxylation sites is 1. The number of ketones is 2. The van der Waals surface area contributed by atoms with Gasteiger partial charge in [0, 0.05) is 54.5 Å². The Morgan fingerprint density at radius 1 is 1.06 bits per heavy atom. The smallest absolute Gasteiger partial charge is 0.227 e. The summed E-state index contributed by atoms with van der Waals surface area (Å²) in [5.41, 5.74) is 4.81. The number of carbonyl (C=O) groups excluding carboxylic acids is 3. The van der Waals surface area contributed by atoms with E-state index in [9.17, 15) is 14.4 Å². The number of aromatic nitrogens is 2. The van der Waals surface area contributed by atoms with E-state index >= 15 is 0 Å². The number of H-pyrrole nitrogens is 2. The fraction of sp³-hybridized carbons (Fsp3) is 0.400. The minimum Gasteiger partial charge on any atom is -0.361 e. The van der Waals surface area contributed by atoms with E-state index < -0.39 is 0 Å². The van der Waals surface area contributed by atoms with Gasteiger partial charge in [-0.25, -0.2) is 0 Å². The van der Waals surface area contributed by atoms with Crippen LogP contribution >= 0.6 is 0 Å². The third-order valence-corrected chi connectivity index (χ3v) is 6.38. The average molecular weight is 435 g/mol. The van der Waals surface area contributed by atoms with Gasteiger partial charge in [0.2, 0.25) is 5.91 Å². The summed E-state index contributed by atoms with van der Waals surface area (Å²) >= 11 is 0. The van der Waals surface area contributed by atoms with Gasteiger partial charge in [0.05, 0.1) is 18.7 Å². The molecule has 2 N–H and O–H groups in total. The van der Waals surface area contributed by atoms with Crippen molar-refractivity contribution in [1.82, 2.24) is 19.8 Å². The molecule has 0 radical (unpaired) electrons. The summed E-state index contributed by atoms with van der Waals surface area (Å²) in [4.78, 5) is 48.1. The molecule has 1 saturated heterocycles.